The van der Waals surface area contributed by atoms with Crippen LogP contribution in [0, 0.1) is 5.92 Å². The third-order valence-corrected chi connectivity index (χ3v) is 5.94. The van der Waals surface area contributed by atoms with Gasteiger partial charge in [-0.05, 0) is 37.3 Å². The highest BCUT2D eigenvalue weighted by molar-refractivity contribution is 5.78. The van der Waals surface area contributed by atoms with Crippen LogP contribution in [0.3, 0.4) is 0 Å². The van der Waals surface area contributed by atoms with Gasteiger partial charge in [0, 0.05) is 32.7 Å². The van der Waals surface area contributed by atoms with Crippen LogP contribution in [-0.2, 0) is 4.79 Å². The van der Waals surface area contributed by atoms with Crippen LogP contribution < -0.4 is 10.2 Å². The molecule has 0 unspecified atom stereocenters. The zero-order valence-corrected chi connectivity index (χ0v) is 16.1. The maximum Gasteiger partial charge on any atom is 0.234 e. The molecule has 2 N–H and O–H groups in total. The number of imidazole rings is 1. The fourth-order valence-electron chi connectivity index (χ4n) is 4.34. The van der Waals surface area contributed by atoms with Gasteiger partial charge in [-0.25, -0.2) is 4.98 Å². The van der Waals surface area contributed by atoms with E-state index in [0.717, 1.165) is 56.1 Å². The van der Waals surface area contributed by atoms with Crippen LogP contribution in [0.2, 0.25) is 0 Å². The Morgan fingerprint density at radius 2 is 1.93 bits per heavy atom. The molecule has 2 heterocycles. The summed E-state index contributed by atoms with van der Waals surface area (Å²) in [6.45, 7) is 5.11. The summed E-state index contributed by atoms with van der Waals surface area (Å²) in [5.41, 5.74) is 2.09. The molecule has 0 spiro atoms. The zero-order valence-electron chi connectivity index (χ0n) is 16.1. The van der Waals surface area contributed by atoms with E-state index in [1.54, 1.807) is 0 Å². The molecule has 2 aliphatic rings. The highest BCUT2D eigenvalue weighted by Crippen LogP contribution is 2.22. The average molecular weight is 370 g/mol. The second kappa shape index (κ2) is 8.74. The molecule has 1 saturated heterocycles. The van der Waals surface area contributed by atoms with Crippen LogP contribution in [0.15, 0.2) is 24.3 Å². The fourth-order valence-corrected chi connectivity index (χ4v) is 4.34. The van der Waals surface area contributed by atoms with E-state index in [9.17, 15) is 4.79 Å². The van der Waals surface area contributed by atoms with Crippen LogP contribution >= 0.6 is 0 Å². The molecule has 0 atom stereocenters. The van der Waals surface area contributed by atoms with Crippen molar-refractivity contribution in [1.29, 1.82) is 0 Å². The number of aromatic nitrogens is 2. The first-order valence-corrected chi connectivity index (χ1v) is 10.5. The Hall–Kier alpha value is -2.08. The minimum absolute atomic E-state index is 0.178. The molecule has 6 nitrogen and oxygen atoms in total. The summed E-state index contributed by atoms with van der Waals surface area (Å²) >= 11 is 0. The minimum atomic E-state index is 0.178. The normalized spacial score (nSPS) is 19.9. The summed E-state index contributed by atoms with van der Waals surface area (Å²) < 4.78 is 0. The van der Waals surface area contributed by atoms with Crippen molar-refractivity contribution in [2.24, 2.45) is 5.92 Å². The largest absolute Gasteiger partial charge is 0.355 e. The Labute approximate surface area is 161 Å². The van der Waals surface area contributed by atoms with Crippen molar-refractivity contribution < 1.29 is 4.79 Å². The molecular weight excluding hydrogens is 338 g/mol. The number of anilines is 1. The van der Waals surface area contributed by atoms with E-state index < -0.39 is 0 Å². The number of hydrogen-bond acceptors (Lipinski definition) is 4. The van der Waals surface area contributed by atoms with Gasteiger partial charge in [0.2, 0.25) is 11.9 Å². The van der Waals surface area contributed by atoms with Crippen LogP contribution in [0.5, 0.6) is 0 Å². The number of aromatic amines is 1. The van der Waals surface area contributed by atoms with E-state index in [4.69, 9.17) is 4.98 Å². The molecule has 27 heavy (non-hydrogen) atoms. The number of amides is 1. The molecule has 0 bridgehead atoms. The molecule has 1 aromatic carbocycles. The molecular formula is C21H31N5O. The smallest absolute Gasteiger partial charge is 0.234 e. The summed E-state index contributed by atoms with van der Waals surface area (Å²) in [5, 5.41) is 3.17. The Kier molecular flexibility index (Phi) is 5.92. The Bertz CT molecular complexity index is 719. The van der Waals surface area contributed by atoms with E-state index in [0.29, 0.717) is 12.5 Å². The molecule has 1 amide bonds. The van der Waals surface area contributed by atoms with E-state index in [-0.39, 0.29) is 5.91 Å². The van der Waals surface area contributed by atoms with E-state index in [1.165, 1.54) is 32.1 Å². The number of fused-ring (bicyclic) bond motifs is 1. The minimum Gasteiger partial charge on any atom is -0.355 e. The van der Waals surface area contributed by atoms with Crippen molar-refractivity contribution in [1.82, 2.24) is 20.2 Å². The zero-order chi connectivity index (χ0) is 18.5. The van der Waals surface area contributed by atoms with Crippen molar-refractivity contribution in [3.8, 4) is 0 Å². The summed E-state index contributed by atoms with van der Waals surface area (Å²) in [6.07, 6.45) is 7.61. The lowest BCUT2D eigenvalue weighted by molar-refractivity contribution is -0.122. The summed E-state index contributed by atoms with van der Waals surface area (Å²) in [6, 6.07) is 8.14. The molecule has 1 aliphatic heterocycles. The van der Waals surface area contributed by atoms with Crippen molar-refractivity contribution >= 4 is 22.9 Å². The first kappa shape index (κ1) is 18.3. The third-order valence-electron chi connectivity index (χ3n) is 5.94. The lowest BCUT2D eigenvalue weighted by Gasteiger charge is -2.23. The number of H-pyrrole nitrogens is 1. The van der Waals surface area contributed by atoms with Crippen molar-refractivity contribution in [2.75, 3.05) is 44.2 Å². The third kappa shape index (κ3) is 4.80. The predicted octanol–water partition coefficient (Wildman–Crippen LogP) is 2.77. The van der Waals surface area contributed by atoms with Gasteiger partial charge in [0.05, 0.1) is 17.6 Å². The number of nitrogens with one attached hydrogen (secondary N) is 2. The van der Waals surface area contributed by atoms with Gasteiger partial charge in [0.1, 0.15) is 0 Å². The second-order valence-corrected chi connectivity index (χ2v) is 8.00. The van der Waals surface area contributed by atoms with Gasteiger partial charge in [0.15, 0.2) is 0 Å². The van der Waals surface area contributed by atoms with Crippen molar-refractivity contribution in [2.45, 2.75) is 38.5 Å². The first-order valence-electron chi connectivity index (χ1n) is 10.5. The Morgan fingerprint density at radius 1 is 1.07 bits per heavy atom. The summed E-state index contributed by atoms with van der Waals surface area (Å²) in [7, 11) is 0. The van der Waals surface area contributed by atoms with Gasteiger partial charge >= 0.3 is 0 Å². The standard InChI is InChI=1S/C21H31N5O/c27-20(22-15-17-7-2-1-3-8-17)16-25-11-6-12-26(14-13-25)21-23-18-9-4-5-10-19(18)24-21/h4-5,9-10,17H,1-3,6-8,11-16H2,(H,22,27)(H,23,24). The molecule has 2 aromatic rings. The molecule has 1 saturated carbocycles. The SMILES string of the molecule is O=C(CN1CCCN(c2nc3ccccc3[nH]2)CC1)NCC1CCCCC1. The van der Waals surface area contributed by atoms with E-state index in [1.807, 2.05) is 18.2 Å². The number of rotatable bonds is 5. The average Bonchev–Trinajstić information content (AvgIpc) is 3.00. The quantitative estimate of drug-likeness (QED) is 0.851. The van der Waals surface area contributed by atoms with E-state index >= 15 is 0 Å². The van der Waals surface area contributed by atoms with Crippen LogP contribution in [0.25, 0.3) is 11.0 Å². The molecule has 0 radical (unpaired) electrons. The second-order valence-electron chi connectivity index (χ2n) is 8.00. The number of hydrogen-bond donors (Lipinski definition) is 2. The monoisotopic (exact) mass is 369 g/mol. The van der Waals surface area contributed by atoms with Gasteiger partial charge in [-0.15, -0.1) is 0 Å². The maximum absolute atomic E-state index is 12.4. The molecule has 4 rings (SSSR count). The van der Waals surface area contributed by atoms with Gasteiger partial charge in [-0.3, -0.25) is 9.69 Å². The topological polar surface area (TPSA) is 64.3 Å². The van der Waals surface area contributed by atoms with Crippen LogP contribution in [-0.4, -0.2) is 60.0 Å². The summed E-state index contributed by atoms with van der Waals surface area (Å²) in [4.78, 5) is 25.1. The first-order chi connectivity index (χ1) is 13.3. The molecule has 146 valence electrons. The van der Waals surface area contributed by atoms with Crippen LogP contribution in [0.4, 0.5) is 5.95 Å². The van der Waals surface area contributed by atoms with Crippen LogP contribution in [0.1, 0.15) is 38.5 Å². The Morgan fingerprint density at radius 3 is 2.78 bits per heavy atom. The van der Waals surface area contributed by atoms with Crippen molar-refractivity contribution in [3.05, 3.63) is 24.3 Å². The molecule has 1 aromatic heterocycles. The van der Waals surface area contributed by atoms with Gasteiger partial charge in [-0.2, -0.15) is 0 Å². The number of carbonyl (C=O) groups is 1. The molecule has 1 aliphatic carbocycles. The van der Waals surface area contributed by atoms with Gasteiger partial charge < -0.3 is 15.2 Å². The number of nitrogens with zero attached hydrogens (tertiary/aromatic N) is 3. The highest BCUT2D eigenvalue weighted by atomic mass is 16.2. The summed E-state index contributed by atoms with van der Waals surface area (Å²) in [5.74, 6) is 1.81. The number of carbonyl (C=O) groups excluding carboxylic acids is 1. The van der Waals surface area contributed by atoms with Gasteiger partial charge in [0.25, 0.3) is 0 Å². The lowest BCUT2D eigenvalue weighted by atomic mass is 9.89. The van der Waals surface area contributed by atoms with Gasteiger partial charge in [-0.1, -0.05) is 31.4 Å². The maximum atomic E-state index is 12.4. The molecule has 6 heteroatoms. The Balaban J connectivity index is 1.26. The molecule has 2 fully saturated rings. The number of para-hydroxylation sites is 2. The predicted molar refractivity (Wildman–Crippen MR) is 109 cm³/mol. The van der Waals surface area contributed by atoms with E-state index in [2.05, 4.69) is 26.2 Å². The van der Waals surface area contributed by atoms with Crippen molar-refractivity contribution in [3.63, 3.8) is 0 Å². The number of benzene rings is 1. The highest BCUT2D eigenvalue weighted by Gasteiger charge is 2.20. The fraction of sp³-hybridized carbons (Fsp3) is 0.619. The lowest BCUT2D eigenvalue weighted by Crippen LogP contribution is -2.41.